The van der Waals surface area contributed by atoms with Crippen molar-refractivity contribution in [2.45, 2.75) is 20.8 Å². The number of hydrogen-bond acceptors (Lipinski definition) is 5. The summed E-state index contributed by atoms with van der Waals surface area (Å²) in [5, 5.41) is 3.10. The highest BCUT2D eigenvalue weighted by molar-refractivity contribution is 6.17. The number of amides is 3. The van der Waals surface area contributed by atoms with E-state index in [0.29, 0.717) is 46.6 Å². The third kappa shape index (κ3) is 5.06. The van der Waals surface area contributed by atoms with Gasteiger partial charge in [0.25, 0.3) is 11.8 Å². The summed E-state index contributed by atoms with van der Waals surface area (Å²) in [6.07, 6.45) is 1.55. The summed E-state index contributed by atoms with van der Waals surface area (Å²) in [6, 6.07) is 11.9. The Balaban J connectivity index is 1.99. The largest absolute Gasteiger partial charge is 0.497 e. The number of benzene rings is 2. The summed E-state index contributed by atoms with van der Waals surface area (Å²) in [5.41, 5.74) is 7.84. The van der Waals surface area contributed by atoms with Crippen LogP contribution in [0.5, 0.6) is 5.75 Å². The Labute approximate surface area is 192 Å². The highest BCUT2D eigenvalue weighted by Crippen LogP contribution is 2.30. The molecule has 1 heterocycles. The molecule has 172 valence electrons. The highest BCUT2D eigenvalue weighted by atomic mass is 16.5. The Morgan fingerprint density at radius 3 is 2.48 bits per heavy atom. The number of furan rings is 1. The number of likely N-dealkylation sites (N-methyl/N-ethyl adjacent to an activating group) is 1. The number of nitrogens with one attached hydrogen (secondary N) is 1. The van der Waals surface area contributed by atoms with Crippen molar-refractivity contribution in [3.05, 3.63) is 65.4 Å². The summed E-state index contributed by atoms with van der Waals surface area (Å²) >= 11 is 0. The van der Waals surface area contributed by atoms with Gasteiger partial charge in [-0.1, -0.05) is 12.1 Å². The van der Waals surface area contributed by atoms with E-state index in [1.807, 2.05) is 20.8 Å². The number of anilines is 1. The lowest BCUT2D eigenvalue weighted by atomic mass is 10.0. The monoisotopic (exact) mass is 449 g/mol. The number of nitrogens with two attached hydrogens (primary N) is 1. The fraction of sp³-hybridized carbons (Fsp3) is 0.240. The van der Waals surface area contributed by atoms with E-state index in [1.165, 1.54) is 7.11 Å². The molecule has 33 heavy (non-hydrogen) atoms. The Hall–Kier alpha value is -4.07. The van der Waals surface area contributed by atoms with Gasteiger partial charge in [0.05, 0.1) is 12.7 Å². The van der Waals surface area contributed by atoms with Crippen LogP contribution < -0.4 is 15.8 Å². The lowest BCUT2D eigenvalue weighted by Gasteiger charge is -2.16. The zero-order valence-corrected chi connectivity index (χ0v) is 19.1. The number of carbonyl (C=O) groups is 3. The first-order valence-electron chi connectivity index (χ1n) is 10.6. The van der Waals surface area contributed by atoms with Crippen LogP contribution in [0.3, 0.4) is 0 Å². The number of carbonyl (C=O) groups excluding carboxylic acids is 3. The van der Waals surface area contributed by atoms with Gasteiger partial charge in [0.2, 0.25) is 11.7 Å². The molecule has 1 aromatic heterocycles. The molecule has 0 unspecified atom stereocenters. The maximum absolute atomic E-state index is 12.9. The van der Waals surface area contributed by atoms with Crippen LogP contribution >= 0.6 is 0 Å². The quantitative estimate of drug-likeness (QED) is 0.503. The predicted octanol–water partition coefficient (Wildman–Crippen LogP) is 4.06. The van der Waals surface area contributed by atoms with Crippen LogP contribution in [0.4, 0.5) is 5.69 Å². The molecule has 0 aliphatic rings. The minimum Gasteiger partial charge on any atom is -0.497 e. The van der Waals surface area contributed by atoms with Crippen LogP contribution in [0.25, 0.3) is 16.5 Å². The van der Waals surface area contributed by atoms with Gasteiger partial charge in [0.1, 0.15) is 11.3 Å². The smallest absolute Gasteiger partial charge is 0.292 e. The number of nitrogens with zero attached hydrogens (tertiary/aromatic N) is 1. The third-order valence-corrected chi connectivity index (χ3v) is 5.34. The van der Waals surface area contributed by atoms with E-state index in [2.05, 4.69) is 5.32 Å². The average molecular weight is 450 g/mol. The van der Waals surface area contributed by atoms with Crippen molar-refractivity contribution in [1.82, 2.24) is 4.90 Å². The summed E-state index contributed by atoms with van der Waals surface area (Å²) in [7, 11) is 1.52. The van der Waals surface area contributed by atoms with Gasteiger partial charge in [-0.05, 0) is 56.2 Å². The molecule has 8 nitrogen and oxygen atoms in total. The van der Waals surface area contributed by atoms with E-state index in [9.17, 15) is 14.4 Å². The van der Waals surface area contributed by atoms with E-state index in [1.54, 1.807) is 53.4 Å². The maximum Gasteiger partial charge on any atom is 0.292 e. The Kier molecular flexibility index (Phi) is 7.17. The number of hydrogen-bond donors (Lipinski definition) is 2. The Bertz CT molecular complexity index is 1240. The van der Waals surface area contributed by atoms with Crippen LogP contribution in [0.1, 0.15) is 47.2 Å². The maximum atomic E-state index is 12.9. The number of primary amides is 1. The molecule has 3 aromatic rings. The molecule has 8 heteroatoms. The molecule has 0 aliphatic heterocycles. The van der Waals surface area contributed by atoms with Crippen molar-refractivity contribution in [3.63, 3.8) is 0 Å². The number of rotatable bonds is 8. The first-order chi connectivity index (χ1) is 15.8. The van der Waals surface area contributed by atoms with Crippen LogP contribution in [0, 0.1) is 0 Å². The van der Waals surface area contributed by atoms with Gasteiger partial charge in [0, 0.05) is 36.3 Å². The van der Waals surface area contributed by atoms with Gasteiger partial charge in [-0.3, -0.25) is 14.4 Å². The Morgan fingerprint density at radius 2 is 1.85 bits per heavy atom. The summed E-state index contributed by atoms with van der Waals surface area (Å²) in [5.74, 6) is -1.11. The summed E-state index contributed by atoms with van der Waals surface area (Å²) < 4.78 is 10.9. The summed E-state index contributed by atoms with van der Waals surface area (Å²) in [6.45, 7) is 6.86. The molecular weight excluding hydrogens is 422 g/mol. The van der Waals surface area contributed by atoms with E-state index in [0.717, 1.165) is 0 Å². The second-order valence-electron chi connectivity index (χ2n) is 7.41. The normalized spacial score (nSPS) is 11.3. The predicted molar refractivity (Wildman–Crippen MR) is 127 cm³/mol. The lowest BCUT2D eigenvalue weighted by molar-refractivity contribution is -0.125. The van der Waals surface area contributed by atoms with Crippen LogP contribution in [-0.2, 0) is 4.79 Å². The van der Waals surface area contributed by atoms with Crippen molar-refractivity contribution in [3.8, 4) is 5.75 Å². The SMILES string of the molecule is CCN(CC)C(=O)/C=C(\C)c1ccc2oc(C(=O)Nc3cccc(OC)c3)c(C(N)=O)c2c1. The molecular formula is C25H27N3O5. The number of fused-ring (bicyclic) bond motifs is 1. The van der Waals surface area contributed by atoms with E-state index in [4.69, 9.17) is 14.9 Å². The van der Waals surface area contributed by atoms with E-state index in [-0.39, 0.29) is 17.2 Å². The van der Waals surface area contributed by atoms with Gasteiger partial charge in [-0.2, -0.15) is 0 Å². The molecule has 0 saturated carbocycles. The third-order valence-electron chi connectivity index (χ3n) is 5.34. The van der Waals surface area contributed by atoms with Gasteiger partial charge in [-0.25, -0.2) is 0 Å². The number of methoxy groups -OCH3 is 1. The van der Waals surface area contributed by atoms with Crippen molar-refractivity contribution in [2.75, 3.05) is 25.5 Å². The van der Waals surface area contributed by atoms with E-state index < -0.39 is 11.8 Å². The molecule has 0 spiro atoms. The zero-order valence-electron chi connectivity index (χ0n) is 19.1. The summed E-state index contributed by atoms with van der Waals surface area (Å²) in [4.78, 5) is 39.3. The highest BCUT2D eigenvalue weighted by Gasteiger charge is 2.25. The molecule has 0 aliphatic carbocycles. The molecule has 0 atom stereocenters. The minimum atomic E-state index is -0.789. The molecule has 0 saturated heterocycles. The zero-order chi connectivity index (χ0) is 24.1. The van der Waals surface area contributed by atoms with Crippen molar-refractivity contribution in [1.29, 1.82) is 0 Å². The second kappa shape index (κ2) is 10.0. The van der Waals surface area contributed by atoms with E-state index >= 15 is 0 Å². The van der Waals surface area contributed by atoms with Gasteiger partial charge < -0.3 is 25.1 Å². The first-order valence-corrected chi connectivity index (χ1v) is 10.6. The van der Waals surface area contributed by atoms with Crippen LogP contribution in [0.15, 0.2) is 53.0 Å². The van der Waals surface area contributed by atoms with Crippen molar-refractivity contribution >= 4 is 40.0 Å². The molecule has 3 amide bonds. The number of allylic oxidation sites excluding steroid dienone is 1. The van der Waals surface area contributed by atoms with Crippen molar-refractivity contribution in [2.24, 2.45) is 5.73 Å². The molecule has 3 N–H and O–H groups in total. The van der Waals surface area contributed by atoms with Gasteiger partial charge >= 0.3 is 0 Å². The molecule has 0 bridgehead atoms. The van der Waals surface area contributed by atoms with Gasteiger partial charge in [0.15, 0.2) is 0 Å². The molecule has 3 rings (SSSR count). The molecule has 0 fully saturated rings. The van der Waals surface area contributed by atoms with Crippen LogP contribution in [0.2, 0.25) is 0 Å². The minimum absolute atomic E-state index is 0.0184. The Morgan fingerprint density at radius 1 is 1.12 bits per heavy atom. The second-order valence-corrected chi connectivity index (χ2v) is 7.41. The van der Waals surface area contributed by atoms with Crippen LogP contribution in [-0.4, -0.2) is 42.8 Å². The number of ether oxygens (including phenoxy) is 1. The fourth-order valence-corrected chi connectivity index (χ4v) is 3.53. The van der Waals surface area contributed by atoms with Gasteiger partial charge in [-0.15, -0.1) is 0 Å². The van der Waals surface area contributed by atoms with Crippen molar-refractivity contribution < 1.29 is 23.5 Å². The first kappa shape index (κ1) is 23.6. The average Bonchev–Trinajstić information content (AvgIpc) is 3.19. The molecule has 0 radical (unpaired) electrons. The standard InChI is InChI=1S/C25H27N3O5/c1-5-28(6-2)21(29)12-15(3)16-10-11-20-19(13-16)22(24(26)30)23(33-20)25(31)27-17-8-7-9-18(14-17)32-4/h7-14H,5-6H2,1-4H3,(H2,26,30)(H,27,31)/b15-12+. The lowest BCUT2D eigenvalue weighted by Crippen LogP contribution is -2.28. The molecule has 2 aromatic carbocycles. The topological polar surface area (TPSA) is 115 Å². The fourth-order valence-electron chi connectivity index (χ4n) is 3.53.